The fourth-order valence-electron chi connectivity index (χ4n) is 3.33. The summed E-state index contributed by atoms with van der Waals surface area (Å²) in [5.74, 6) is -0.282. The molecule has 4 aromatic rings. The maximum Gasteiger partial charge on any atom is 0.263 e. The normalized spacial score (nSPS) is 11.6. The standard InChI is InChI=1S/C24H22ClN3O2S/c1-24(2,3)16-6-10-18(11-7-16)27-20(29)12-28-14-26-22-21(23(28)30)19(13-31-22)15-4-8-17(25)9-5-15/h4-11,13-14H,12H2,1-3H3,(H,27,29). The second-order valence-electron chi connectivity index (χ2n) is 8.39. The van der Waals surface area contributed by atoms with E-state index in [0.29, 0.717) is 20.9 Å². The summed E-state index contributed by atoms with van der Waals surface area (Å²) in [5, 5.41) is 5.90. The fraction of sp³-hybridized carbons (Fsp3) is 0.208. The lowest BCUT2D eigenvalue weighted by atomic mass is 9.87. The van der Waals surface area contributed by atoms with Gasteiger partial charge in [-0.05, 0) is 40.8 Å². The Bertz CT molecular complexity index is 1300. The van der Waals surface area contributed by atoms with Gasteiger partial charge in [-0.2, -0.15) is 0 Å². The van der Waals surface area contributed by atoms with E-state index in [1.54, 1.807) is 12.1 Å². The van der Waals surface area contributed by atoms with E-state index in [1.165, 1.54) is 27.8 Å². The first-order chi connectivity index (χ1) is 14.7. The molecule has 2 aromatic carbocycles. The van der Waals surface area contributed by atoms with Crippen LogP contribution in [-0.2, 0) is 16.8 Å². The summed E-state index contributed by atoms with van der Waals surface area (Å²) in [5.41, 5.74) is 3.35. The minimum Gasteiger partial charge on any atom is -0.325 e. The van der Waals surface area contributed by atoms with Gasteiger partial charge in [0.1, 0.15) is 11.4 Å². The van der Waals surface area contributed by atoms with Crippen molar-refractivity contribution >= 4 is 44.7 Å². The van der Waals surface area contributed by atoms with E-state index in [0.717, 1.165) is 11.1 Å². The minimum atomic E-state index is -0.282. The van der Waals surface area contributed by atoms with Gasteiger partial charge in [-0.25, -0.2) is 4.98 Å². The van der Waals surface area contributed by atoms with Crippen LogP contribution in [0.3, 0.4) is 0 Å². The Hall–Kier alpha value is -2.96. The van der Waals surface area contributed by atoms with Crippen LogP contribution in [0.5, 0.6) is 0 Å². The van der Waals surface area contributed by atoms with Crippen molar-refractivity contribution in [2.45, 2.75) is 32.7 Å². The van der Waals surface area contributed by atoms with Gasteiger partial charge in [-0.1, -0.05) is 56.6 Å². The second kappa shape index (κ2) is 8.29. The van der Waals surface area contributed by atoms with Gasteiger partial charge < -0.3 is 5.32 Å². The van der Waals surface area contributed by atoms with Gasteiger partial charge in [0.25, 0.3) is 5.56 Å². The first-order valence-corrected chi connectivity index (χ1v) is 11.1. The van der Waals surface area contributed by atoms with E-state index in [9.17, 15) is 9.59 Å². The molecule has 0 saturated carbocycles. The summed E-state index contributed by atoms with van der Waals surface area (Å²) in [6, 6.07) is 15.1. The lowest BCUT2D eigenvalue weighted by molar-refractivity contribution is -0.116. The molecule has 0 atom stereocenters. The maximum absolute atomic E-state index is 13.1. The molecule has 7 heteroatoms. The van der Waals surface area contributed by atoms with Crippen molar-refractivity contribution < 1.29 is 4.79 Å². The Balaban J connectivity index is 1.58. The zero-order valence-corrected chi connectivity index (χ0v) is 19.1. The number of benzene rings is 2. The molecule has 158 valence electrons. The van der Waals surface area contributed by atoms with Crippen LogP contribution >= 0.6 is 22.9 Å². The maximum atomic E-state index is 13.1. The number of fused-ring (bicyclic) bond motifs is 1. The predicted molar refractivity (Wildman–Crippen MR) is 128 cm³/mol. The zero-order valence-electron chi connectivity index (χ0n) is 17.5. The average Bonchev–Trinajstić information content (AvgIpc) is 3.15. The topological polar surface area (TPSA) is 64.0 Å². The van der Waals surface area contributed by atoms with Gasteiger partial charge >= 0.3 is 0 Å². The van der Waals surface area contributed by atoms with Crippen molar-refractivity contribution in [1.82, 2.24) is 9.55 Å². The first kappa shape index (κ1) is 21.3. The number of hydrogen-bond acceptors (Lipinski definition) is 4. The van der Waals surface area contributed by atoms with Crippen LogP contribution in [0.2, 0.25) is 5.02 Å². The third-order valence-corrected chi connectivity index (χ3v) is 6.20. The van der Waals surface area contributed by atoms with Crippen molar-refractivity contribution in [2.75, 3.05) is 5.32 Å². The molecule has 2 aromatic heterocycles. The average molecular weight is 452 g/mol. The van der Waals surface area contributed by atoms with E-state index >= 15 is 0 Å². The summed E-state index contributed by atoms with van der Waals surface area (Å²) in [6.07, 6.45) is 1.43. The van der Waals surface area contributed by atoms with Gasteiger partial charge in [-0.15, -0.1) is 11.3 Å². The summed E-state index contributed by atoms with van der Waals surface area (Å²) < 4.78 is 1.34. The van der Waals surface area contributed by atoms with Crippen molar-refractivity contribution in [1.29, 1.82) is 0 Å². The SMILES string of the molecule is CC(C)(C)c1ccc(NC(=O)Cn2cnc3scc(-c4ccc(Cl)cc4)c3c2=O)cc1. The summed E-state index contributed by atoms with van der Waals surface area (Å²) in [7, 11) is 0. The van der Waals surface area contributed by atoms with Crippen LogP contribution in [0.25, 0.3) is 21.3 Å². The van der Waals surface area contributed by atoms with E-state index in [4.69, 9.17) is 11.6 Å². The highest BCUT2D eigenvalue weighted by atomic mass is 35.5. The number of thiophene rings is 1. The zero-order chi connectivity index (χ0) is 22.2. The molecule has 31 heavy (non-hydrogen) atoms. The molecule has 1 N–H and O–H groups in total. The van der Waals surface area contributed by atoms with Gasteiger partial charge in [0.05, 0.1) is 11.7 Å². The van der Waals surface area contributed by atoms with Gasteiger partial charge in [0, 0.05) is 21.7 Å². The number of nitrogens with zero attached hydrogens (tertiary/aromatic N) is 2. The minimum absolute atomic E-state index is 0.0409. The number of carbonyl (C=O) groups excluding carboxylic acids is 1. The van der Waals surface area contributed by atoms with Crippen LogP contribution in [0.1, 0.15) is 26.3 Å². The monoisotopic (exact) mass is 451 g/mol. The van der Waals surface area contributed by atoms with Crippen LogP contribution in [0, 0.1) is 0 Å². The summed E-state index contributed by atoms with van der Waals surface area (Å²) >= 11 is 7.38. The van der Waals surface area contributed by atoms with E-state index < -0.39 is 0 Å². The smallest absolute Gasteiger partial charge is 0.263 e. The Labute approximate surface area is 189 Å². The highest BCUT2D eigenvalue weighted by Crippen LogP contribution is 2.31. The Kier molecular flexibility index (Phi) is 5.69. The lowest BCUT2D eigenvalue weighted by Gasteiger charge is -2.19. The number of rotatable bonds is 4. The summed E-state index contributed by atoms with van der Waals surface area (Å²) in [6.45, 7) is 6.30. The highest BCUT2D eigenvalue weighted by Gasteiger charge is 2.16. The van der Waals surface area contributed by atoms with E-state index in [2.05, 4.69) is 31.1 Å². The molecule has 1 amide bonds. The molecule has 0 radical (unpaired) electrons. The van der Waals surface area contributed by atoms with E-state index in [-0.39, 0.29) is 23.4 Å². The third kappa shape index (κ3) is 4.55. The van der Waals surface area contributed by atoms with Crippen molar-refractivity contribution in [3.8, 4) is 11.1 Å². The first-order valence-electron chi connectivity index (χ1n) is 9.85. The molecule has 0 unspecified atom stereocenters. The molecular weight excluding hydrogens is 430 g/mol. The molecule has 0 fully saturated rings. The largest absolute Gasteiger partial charge is 0.325 e. The summed E-state index contributed by atoms with van der Waals surface area (Å²) in [4.78, 5) is 30.7. The number of carbonyl (C=O) groups is 1. The van der Waals surface area contributed by atoms with Gasteiger partial charge in [0.15, 0.2) is 0 Å². The number of hydrogen-bond donors (Lipinski definition) is 1. The van der Waals surface area contributed by atoms with Crippen molar-refractivity contribution in [3.05, 3.63) is 81.2 Å². The molecule has 0 aliphatic rings. The highest BCUT2D eigenvalue weighted by molar-refractivity contribution is 7.17. The van der Waals surface area contributed by atoms with Crippen LogP contribution in [0.15, 0.2) is 65.0 Å². The number of anilines is 1. The van der Waals surface area contributed by atoms with Crippen molar-refractivity contribution in [3.63, 3.8) is 0 Å². The number of nitrogens with one attached hydrogen (secondary N) is 1. The predicted octanol–water partition coefficient (Wildman–Crippen LogP) is 5.71. The quantitative estimate of drug-likeness (QED) is 0.432. The molecule has 4 rings (SSSR count). The molecule has 0 bridgehead atoms. The Morgan fingerprint density at radius 2 is 1.77 bits per heavy atom. The molecule has 5 nitrogen and oxygen atoms in total. The van der Waals surface area contributed by atoms with Crippen LogP contribution in [0.4, 0.5) is 5.69 Å². The van der Waals surface area contributed by atoms with Gasteiger partial charge in [0.2, 0.25) is 5.91 Å². The molecular formula is C24H22ClN3O2S. The molecule has 0 aliphatic heterocycles. The number of aromatic nitrogens is 2. The van der Waals surface area contributed by atoms with Crippen LogP contribution in [-0.4, -0.2) is 15.5 Å². The Morgan fingerprint density at radius 3 is 2.42 bits per heavy atom. The van der Waals surface area contributed by atoms with E-state index in [1.807, 2.05) is 41.8 Å². The van der Waals surface area contributed by atoms with Gasteiger partial charge in [-0.3, -0.25) is 14.2 Å². The Morgan fingerprint density at radius 1 is 1.10 bits per heavy atom. The molecule has 0 aliphatic carbocycles. The molecule has 0 spiro atoms. The molecule has 2 heterocycles. The lowest BCUT2D eigenvalue weighted by Crippen LogP contribution is -2.27. The third-order valence-electron chi connectivity index (χ3n) is 5.06. The fourth-order valence-corrected chi connectivity index (χ4v) is 4.36. The molecule has 0 saturated heterocycles. The van der Waals surface area contributed by atoms with Crippen molar-refractivity contribution in [2.24, 2.45) is 0 Å². The number of halogens is 1. The number of amides is 1. The van der Waals surface area contributed by atoms with Crippen LogP contribution < -0.4 is 10.9 Å². The second-order valence-corrected chi connectivity index (χ2v) is 9.68.